The molecule has 330 valence electrons. The normalized spacial score (nSPS) is 24.6. The molecule has 15 heteroatoms. The van der Waals surface area contributed by atoms with Crippen molar-refractivity contribution < 1.29 is 28.7 Å². The number of hydrazine groups is 1. The van der Waals surface area contributed by atoms with E-state index in [9.17, 15) is 19.2 Å². The first-order valence-corrected chi connectivity index (χ1v) is 22.9. The third-order valence-electron chi connectivity index (χ3n) is 12.8. The van der Waals surface area contributed by atoms with Crippen molar-refractivity contribution in [2.45, 2.75) is 110 Å². The van der Waals surface area contributed by atoms with E-state index in [-0.39, 0.29) is 54.7 Å². The first-order valence-electron chi connectivity index (χ1n) is 21.9. The van der Waals surface area contributed by atoms with Crippen LogP contribution in [-0.2, 0) is 41.6 Å². The number of fused-ring (bicyclic) bond motifs is 5. The van der Waals surface area contributed by atoms with E-state index in [1.807, 2.05) is 33.9 Å². The van der Waals surface area contributed by atoms with E-state index in [4.69, 9.17) is 19.5 Å². The third-order valence-corrected chi connectivity index (χ3v) is 13.9. The van der Waals surface area contributed by atoms with Crippen LogP contribution >= 0.6 is 11.8 Å². The van der Waals surface area contributed by atoms with Gasteiger partial charge in [0.05, 0.1) is 41.1 Å². The van der Waals surface area contributed by atoms with Crippen LogP contribution in [0.1, 0.15) is 96.2 Å². The molecule has 3 aromatic rings. The van der Waals surface area contributed by atoms with Gasteiger partial charge in [0.15, 0.2) is 0 Å². The molecular weight excluding hydrogens is 793 g/mol. The summed E-state index contributed by atoms with van der Waals surface area (Å²) in [6, 6.07) is 7.99. The van der Waals surface area contributed by atoms with Crippen LogP contribution in [0.15, 0.2) is 41.5 Å². The van der Waals surface area contributed by atoms with Gasteiger partial charge in [-0.2, -0.15) is 0 Å². The van der Waals surface area contributed by atoms with Gasteiger partial charge in [0.1, 0.15) is 18.1 Å². The lowest BCUT2D eigenvalue weighted by Gasteiger charge is -2.37. The van der Waals surface area contributed by atoms with Crippen LogP contribution in [0.2, 0.25) is 0 Å². The molecule has 61 heavy (non-hydrogen) atoms. The Morgan fingerprint density at radius 3 is 2.64 bits per heavy atom. The number of benzene rings is 1. The lowest BCUT2D eigenvalue weighted by atomic mass is 9.84. The summed E-state index contributed by atoms with van der Waals surface area (Å²) in [5.74, 6) is -0.949. The van der Waals surface area contributed by atoms with Crippen LogP contribution in [0.5, 0.6) is 0 Å². The molecule has 3 amide bonds. The number of carbonyl (C=O) groups excluding carboxylic acids is 4. The predicted octanol–water partition coefficient (Wildman–Crippen LogP) is 5.55. The number of esters is 1. The smallest absolute Gasteiger partial charge is 0.324 e. The van der Waals surface area contributed by atoms with Crippen molar-refractivity contribution in [3.63, 3.8) is 0 Å². The lowest BCUT2D eigenvalue weighted by Crippen LogP contribution is -2.62. The summed E-state index contributed by atoms with van der Waals surface area (Å²) in [6.45, 7) is 15.0. The minimum Gasteiger partial charge on any atom is -0.464 e. The Bertz CT molecular complexity index is 2170. The first kappa shape index (κ1) is 44.7. The molecule has 0 aliphatic carbocycles. The summed E-state index contributed by atoms with van der Waals surface area (Å²) in [5.41, 5.74) is 8.92. The minimum atomic E-state index is -0.988. The van der Waals surface area contributed by atoms with Crippen LogP contribution in [0.4, 0.5) is 0 Å². The summed E-state index contributed by atoms with van der Waals surface area (Å²) < 4.78 is 14.3. The van der Waals surface area contributed by atoms with Crippen molar-refractivity contribution in [1.29, 1.82) is 0 Å². The molecule has 4 aliphatic heterocycles. The van der Waals surface area contributed by atoms with Crippen LogP contribution < -0.4 is 10.7 Å². The second kappa shape index (κ2) is 18.6. The van der Waals surface area contributed by atoms with Crippen molar-refractivity contribution in [3.8, 4) is 11.3 Å². The van der Waals surface area contributed by atoms with E-state index in [2.05, 4.69) is 65.2 Å². The molecule has 4 aliphatic rings. The molecule has 6 atom stereocenters. The average molecular weight is 857 g/mol. The number of cyclic esters (lactones) is 1. The van der Waals surface area contributed by atoms with Crippen molar-refractivity contribution in [3.05, 3.63) is 53.3 Å². The largest absolute Gasteiger partial charge is 0.464 e. The topological polar surface area (TPSA) is 151 Å². The molecule has 2 saturated heterocycles. The van der Waals surface area contributed by atoms with E-state index in [0.717, 1.165) is 63.5 Å². The zero-order valence-corrected chi connectivity index (χ0v) is 38.1. The molecule has 6 bridgehead atoms. The summed E-state index contributed by atoms with van der Waals surface area (Å²) in [6.07, 6.45) is 4.18. The van der Waals surface area contributed by atoms with E-state index in [1.54, 1.807) is 37.0 Å². The second-order valence-electron chi connectivity index (χ2n) is 18.4. The molecule has 1 unspecified atom stereocenters. The number of amides is 3. The molecule has 2 fully saturated rings. The second-order valence-corrected chi connectivity index (χ2v) is 19.5. The Hall–Kier alpha value is -4.31. The molecule has 0 saturated carbocycles. The Kier molecular flexibility index (Phi) is 13.6. The quantitative estimate of drug-likeness (QED) is 0.263. The summed E-state index contributed by atoms with van der Waals surface area (Å²) in [4.78, 5) is 70.1. The molecule has 7 rings (SSSR count). The van der Waals surface area contributed by atoms with Gasteiger partial charge in [0.25, 0.3) is 5.91 Å². The molecule has 14 nitrogen and oxygen atoms in total. The van der Waals surface area contributed by atoms with Gasteiger partial charge in [-0.25, -0.2) is 5.43 Å². The molecule has 1 aromatic carbocycles. The van der Waals surface area contributed by atoms with Crippen LogP contribution in [0, 0.1) is 17.3 Å². The number of hydrogen-bond acceptors (Lipinski definition) is 11. The van der Waals surface area contributed by atoms with Crippen molar-refractivity contribution in [2.24, 2.45) is 22.2 Å². The van der Waals surface area contributed by atoms with E-state index >= 15 is 0 Å². The van der Waals surface area contributed by atoms with Gasteiger partial charge in [-0.15, -0.1) is 11.8 Å². The molecule has 0 radical (unpaired) electrons. The fraction of sp³-hybridized carbons (Fsp3) is 0.609. The number of aromatic nitrogens is 2. The van der Waals surface area contributed by atoms with Gasteiger partial charge in [-0.3, -0.25) is 34.2 Å². The highest BCUT2D eigenvalue weighted by atomic mass is 32.2. The number of ether oxygens (including phenoxy) is 2. The summed E-state index contributed by atoms with van der Waals surface area (Å²) in [5, 5.41) is 6.41. The van der Waals surface area contributed by atoms with Gasteiger partial charge in [-0.1, -0.05) is 33.8 Å². The number of hydrogen-bond donors (Lipinski definition) is 2. The number of rotatable bonds is 9. The number of nitrogens with one attached hydrogen (secondary N) is 2. The number of aliphatic imine (C=N–C) groups is 1. The van der Waals surface area contributed by atoms with Gasteiger partial charge in [0, 0.05) is 74.0 Å². The van der Waals surface area contributed by atoms with Gasteiger partial charge < -0.3 is 29.2 Å². The maximum atomic E-state index is 14.6. The minimum absolute atomic E-state index is 0.0676. The van der Waals surface area contributed by atoms with E-state index < -0.39 is 29.5 Å². The summed E-state index contributed by atoms with van der Waals surface area (Å²) in [7, 11) is 5.39. The van der Waals surface area contributed by atoms with Crippen molar-refractivity contribution in [1.82, 2.24) is 35.1 Å². The van der Waals surface area contributed by atoms with Gasteiger partial charge in [-0.05, 0) is 94.4 Å². The maximum Gasteiger partial charge on any atom is 0.324 e. The van der Waals surface area contributed by atoms with Crippen LogP contribution in [0.25, 0.3) is 22.2 Å². The zero-order chi connectivity index (χ0) is 43.7. The molecule has 2 N–H and O–H groups in total. The first-order chi connectivity index (χ1) is 29.1. The SMILES string of the molecule is CCn1c(-c2cccnc2[C@H](C)OC)c2c3cc(ccc31)C1CSC(=N1)C[C@H](NC(=O)[C@H](C(C)C)N(C)C(=O)[C@H]1CCN(C)C1)C(=O)N1CCC[C@H](N1)C(=O)OCC(C)(C)C2. The number of likely N-dealkylation sites (N-methyl/N-ethyl adjacent to an activating group) is 1. The maximum absolute atomic E-state index is 14.6. The fourth-order valence-electron chi connectivity index (χ4n) is 9.54. The molecule has 2 aromatic heterocycles. The fourth-order valence-corrected chi connectivity index (χ4v) is 10.6. The highest BCUT2D eigenvalue weighted by Gasteiger charge is 2.40. The number of nitrogens with zero attached hydrogens (tertiary/aromatic N) is 6. The standard InChI is InChI=1S/C46H64N8O6S/c1-10-53-37-16-15-29-21-32(37)33(41(53)31-13-11-18-47-39(31)28(4)59-9)23-46(5,6)26-60-45(58)34-14-12-19-54(50-34)44(57)35(22-38-48-36(29)25-61-38)49-42(55)40(27(2)3)52(8)43(56)30-17-20-51(7)24-30/h11,13,15-16,18,21,27-28,30,34-36,40,50H,10,12,14,17,19-20,22-26H2,1-9H3,(H,49,55)/t28-,30-,34-,35-,36?,40-/m0/s1. The molecule has 0 spiro atoms. The number of aryl methyl sites for hydroxylation is 1. The Balaban J connectivity index is 1.28. The highest BCUT2D eigenvalue weighted by Crippen LogP contribution is 2.42. The monoisotopic (exact) mass is 856 g/mol. The van der Waals surface area contributed by atoms with Crippen LogP contribution in [-0.4, -0.2) is 124 Å². The predicted molar refractivity (Wildman–Crippen MR) is 239 cm³/mol. The Morgan fingerprint density at radius 1 is 1.15 bits per heavy atom. The van der Waals surface area contributed by atoms with Crippen molar-refractivity contribution in [2.75, 3.05) is 53.2 Å². The van der Waals surface area contributed by atoms with Gasteiger partial charge in [0.2, 0.25) is 11.8 Å². The number of likely N-dealkylation sites (tertiary alicyclic amines) is 1. The third kappa shape index (κ3) is 9.40. The van der Waals surface area contributed by atoms with Crippen molar-refractivity contribution >= 4 is 51.4 Å². The highest BCUT2D eigenvalue weighted by molar-refractivity contribution is 8.14. The summed E-state index contributed by atoms with van der Waals surface area (Å²) >= 11 is 1.60. The van der Waals surface area contributed by atoms with Gasteiger partial charge >= 0.3 is 5.97 Å². The van der Waals surface area contributed by atoms with Crippen LogP contribution in [0.3, 0.4) is 0 Å². The average Bonchev–Trinajstić information content (AvgIpc) is 3.98. The van der Waals surface area contributed by atoms with E-state index in [1.165, 1.54) is 5.01 Å². The number of methoxy groups -OCH3 is 1. The van der Waals surface area contributed by atoms with E-state index in [0.29, 0.717) is 38.1 Å². The number of thioether (sulfide) groups is 1. The number of carbonyl (C=O) groups is 4. The Morgan fingerprint density at radius 2 is 1.93 bits per heavy atom. The lowest BCUT2D eigenvalue weighted by molar-refractivity contribution is -0.155. The number of pyridine rings is 1. The molecule has 6 heterocycles. The molecular formula is C46H64N8O6S. The Labute approximate surface area is 364 Å². The zero-order valence-electron chi connectivity index (χ0n) is 37.3.